The van der Waals surface area contributed by atoms with Crippen LogP contribution in [0.5, 0.6) is 17.2 Å². The number of hydrogen-bond acceptors (Lipinski definition) is 17. The van der Waals surface area contributed by atoms with E-state index in [1.54, 1.807) is 92.8 Å². The molecule has 5 rings (SSSR count). The largest absolute Gasteiger partial charge is 0.487 e. The van der Waals surface area contributed by atoms with Crippen LogP contribution in [0, 0.1) is 5.82 Å². The number of ketones is 2. The van der Waals surface area contributed by atoms with Crippen LogP contribution in [0.1, 0.15) is 141 Å². The summed E-state index contributed by atoms with van der Waals surface area (Å²) in [4.78, 5) is 84.2. The lowest BCUT2D eigenvalue weighted by atomic mass is 9.79. The summed E-state index contributed by atoms with van der Waals surface area (Å²) in [6, 6.07) is 13.2. The van der Waals surface area contributed by atoms with Gasteiger partial charge in [-0.3, -0.25) is 14.9 Å². The molecule has 22 heteroatoms. The first kappa shape index (κ1) is 66.0. The van der Waals surface area contributed by atoms with Gasteiger partial charge in [0.2, 0.25) is 0 Å². The Kier molecular flexibility index (Phi) is 24.9. The predicted octanol–water partition coefficient (Wildman–Crippen LogP) is 11.1. The highest BCUT2D eigenvalue weighted by Gasteiger charge is 2.36. The Hall–Kier alpha value is -6.85. The zero-order chi connectivity index (χ0) is 60.1. The summed E-state index contributed by atoms with van der Waals surface area (Å²) in [6.07, 6.45) is 2.08. The molecule has 1 aliphatic rings. The SMILES string of the molecule is CC(C)(C)OC(=O)N=C(CCCC[C@H](NC(=O)OC(C)(C)C)C(=O)CCCOCCOCCOCCOc1cc2c(cc1Oc1ccc(-c3ccc(C(=O)O)cc3)c(F)c1)[C@@](C)(CC(=O)Cc1nccs1)NCC2)NC(=O)OC(C)(C)C. The molecule has 82 heavy (non-hydrogen) atoms. The third-order valence-electron chi connectivity index (χ3n) is 12.1. The van der Waals surface area contributed by atoms with Crippen LogP contribution in [0.4, 0.5) is 18.8 Å². The van der Waals surface area contributed by atoms with E-state index in [-0.39, 0.29) is 113 Å². The number of nitrogens with one attached hydrogen (secondary N) is 3. The quantitative estimate of drug-likeness (QED) is 0.0170. The first-order valence-corrected chi connectivity index (χ1v) is 28.4. The number of aliphatic imine (C=N–C) groups is 1. The van der Waals surface area contributed by atoms with Crippen LogP contribution < -0.4 is 25.4 Å². The van der Waals surface area contributed by atoms with Crippen LogP contribution in [0.15, 0.2) is 71.2 Å². The number of fused-ring (bicyclic) bond motifs is 1. The number of carboxylic acids is 1. The molecule has 0 fully saturated rings. The number of aromatic nitrogens is 1. The van der Waals surface area contributed by atoms with Gasteiger partial charge in [0, 0.05) is 61.2 Å². The summed E-state index contributed by atoms with van der Waals surface area (Å²) in [5.41, 5.74) is -0.451. The van der Waals surface area contributed by atoms with E-state index in [9.17, 15) is 33.9 Å². The predicted molar refractivity (Wildman–Crippen MR) is 307 cm³/mol. The van der Waals surface area contributed by atoms with Gasteiger partial charge in [0.1, 0.15) is 46.6 Å². The normalized spacial score (nSPS) is 14.9. The van der Waals surface area contributed by atoms with Crippen molar-refractivity contribution in [2.24, 2.45) is 4.99 Å². The Bertz CT molecular complexity index is 2810. The summed E-state index contributed by atoms with van der Waals surface area (Å²) in [7, 11) is 0. The number of rotatable bonds is 29. The molecule has 0 saturated carbocycles. The van der Waals surface area contributed by atoms with Gasteiger partial charge in [0.15, 0.2) is 17.3 Å². The van der Waals surface area contributed by atoms with E-state index < -0.39 is 58.5 Å². The molecule has 1 aliphatic heterocycles. The maximum absolute atomic E-state index is 15.7. The maximum atomic E-state index is 15.7. The van der Waals surface area contributed by atoms with Crippen LogP contribution in [0.25, 0.3) is 11.1 Å². The monoisotopic (exact) mass is 1160 g/mol. The molecule has 0 spiro atoms. The number of benzene rings is 3. The van der Waals surface area contributed by atoms with Gasteiger partial charge in [-0.2, -0.15) is 4.99 Å². The van der Waals surface area contributed by atoms with E-state index in [2.05, 4.69) is 25.9 Å². The van der Waals surface area contributed by atoms with Crippen molar-refractivity contribution in [3.63, 3.8) is 0 Å². The van der Waals surface area contributed by atoms with E-state index >= 15 is 4.39 Å². The number of amidine groups is 1. The molecule has 0 aliphatic carbocycles. The van der Waals surface area contributed by atoms with Crippen molar-refractivity contribution in [1.29, 1.82) is 0 Å². The van der Waals surface area contributed by atoms with Gasteiger partial charge in [-0.05, 0) is 148 Å². The smallest absolute Gasteiger partial charge is 0.435 e. The third kappa shape index (κ3) is 23.6. The zero-order valence-electron chi connectivity index (χ0n) is 48.8. The van der Waals surface area contributed by atoms with Crippen molar-refractivity contribution in [2.45, 2.75) is 155 Å². The van der Waals surface area contributed by atoms with Gasteiger partial charge < -0.3 is 53.6 Å². The highest BCUT2D eigenvalue weighted by molar-refractivity contribution is 7.09. The topological polar surface area (TPSA) is 258 Å². The number of unbranched alkanes of at least 4 members (excludes halogenated alkanes) is 1. The minimum absolute atomic E-state index is 0.0226. The molecule has 2 heterocycles. The minimum Gasteiger partial charge on any atom is -0.487 e. The van der Waals surface area contributed by atoms with Gasteiger partial charge in [-0.25, -0.2) is 28.6 Å². The van der Waals surface area contributed by atoms with Crippen molar-refractivity contribution >= 4 is 53.0 Å². The van der Waals surface area contributed by atoms with Crippen LogP contribution in [-0.4, -0.2) is 127 Å². The van der Waals surface area contributed by atoms with Crippen molar-refractivity contribution in [3.8, 4) is 28.4 Å². The van der Waals surface area contributed by atoms with E-state index in [4.69, 9.17) is 37.9 Å². The fraction of sp³-hybridized carbons (Fsp3) is 0.533. The van der Waals surface area contributed by atoms with Gasteiger partial charge in [-0.1, -0.05) is 18.6 Å². The lowest BCUT2D eigenvalue weighted by Crippen LogP contribution is -2.46. The van der Waals surface area contributed by atoms with Crippen LogP contribution in [-0.2, 0) is 56.4 Å². The average Bonchev–Trinajstić information content (AvgIpc) is 2.39. The number of hydrogen-bond donors (Lipinski definition) is 4. The second-order valence-corrected chi connectivity index (χ2v) is 23.8. The molecule has 2 atom stereocenters. The number of Topliss-reactive ketones (excluding diaryl/α,β-unsaturated/α-hetero) is 2. The maximum Gasteiger partial charge on any atom is 0.435 e. The average molecular weight is 1160 g/mol. The second-order valence-electron chi connectivity index (χ2n) is 22.8. The molecule has 0 unspecified atom stereocenters. The zero-order valence-corrected chi connectivity index (χ0v) is 49.6. The van der Waals surface area contributed by atoms with Gasteiger partial charge >= 0.3 is 24.2 Å². The van der Waals surface area contributed by atoms with Gasteiger partial charge in [0.25, 0.3) is 0 Å². The summed E-state index contributed by atoms with van der Waals surface area (Å²) in [5, 5.41) is 20.6. The first-order chi connectivity index (χ1) is 38.6. The number of carbonyl (C=O) groups is 6. The number of ether oxygens (including phenoxy) is 8. The first-order valence-electron chi connectivity index (χ1n) is 27.5. The molecular formula is C60H80FN5O15S. The lowest BCUT2D eigenvalue weighted by molar-refractivity contribution is -0.122. The fourth-order valence-electron chi connectivity index (χ4n) is 8.56. The molecule has 0 saturated heterocycles. The number of carbonyl (C=O) groups excluding carboxylic acids is 5. The Labute approximate surface area is 483 Å². The molecule has 0 radical (unpaired) electrons. The van der Waals surface area contributed by atoms with Crippen molar-refractivity contribution in [1.82, 2.24) is 20.9 Å². The van der Waals surface area contributed by atoms with Crippen LogP contribution >= 0.6 is 11.3 Å². The van der Waals surface area contributed by atoms with E-state index in [1.807, 2.05) is 24.4 Å². The van der Waals surface area contributed by atoms with Crippen molar-refractivity contribution in [3.05, 3.63) is 93.7 Å². The number of thiazole rings is 1. The summed E-state index contributed by atoms with van der Waals surface area (Å²) < 4.78 is 61.6. The van der Waals surface area contributed by atoms with Gasteiger partial charge in [0.05, 0.1) is 56.1 Å². The highest BCUT2D eigenvalue weighted by atomic mass is 32.1. The molecule has 448 valence electrons. The highest BCUT2D eigenvalue weighted by Crippen LogP contribution is 2.42. The van der Waals surface area contributed by atoms with Crippen LogP contribution in [0.3, 0.4) is 0 Å². The summed E-state index contributed by atoms with van der Waals surface area (Å²) in [6.45, 7) is 19.7. The third-order valence-corrected chi connectivity index (χ3v) is 12.9. The van der Waals surface area contributed by atoms with Crippen molar-refractivity contribution in [2.75, 3.05) is 52.8 Å². The Morgan fingerprint density at radius 2 is 1.41 bits per heavy atom. The number of alkyl carbamates (subject to hydrolysis) is 2. The number of aromatic carboxylic acids is 1. The number of nitrogens with zero attached hydrogens (tertiary/aromatic N) is 2. The van der Waals surface area contributed by atoms with Crippen LogP contribution in [0.2, 0.25) is 0 Å². The second kappa shape index (κ2) is 31.0. The molecule has 20 nitrogen and oxygen atoms in total. The number of halogens is 1. The molecule has 4 aromatic rings. The van der Waals surface area contributed by atoms with Crippen molar-refractivity contribution < 1.29 is 76.2 Å². The Morgan fingerprint density at radius 1 is 0.768 bits per heavy atom. The fourth-order valence-corrected chi connectivity index (χ4v) is 9.21. The summed E-state index contributed by atoms with van der Waals surface area (Å²) >= 11 is 1.43. The van der Waals surface area contributed by atoms with Gasteiger partial charge in [-0.15, -0.1) is 11.3 Å². The molecule has 3 aromatic carbocycles. The molecule has 3 amide bonds. The Morgan fingerprint density at radius 3 is 2.04 bits per heavy atom. The lowest BCUT2D eigenvalue weighted by Gasteiger charge is -2.37. The van der Waals surface area contributed by atoms with E-state index in [0.29, 0.717) is 49.3 Å². The standard InChI is InChI=1S/C60H80FN5O15S/c1-57(2,3)79-54(71)64-47(14-11-12-16-51(65-55(72)80-58(4,5)6)66-56(73)81-59(7,8)9)48(68)15-13-26-74-27-28-75-29-30-76-31-32-77-49-34-41-23-24-63-60(10,38-42(67)35-52-62-25-33-82-52)45(41)37-50(49)78-43-21-22-44(46(61)36-43)39-17-19-40(20-18-39)53(69)70/h17-22,25,33-34,36-37,47,63H,11-16,23-24,26-32,35,38H2,1-10H3,(H,64,71)(H,69,70)(H,65,66,72,73)/t47-,60+/m0/s1. The minimum atomic E-state index is -1.08. The van der Waals surface area contributed by atoms with E-state index in [0.717, 1.165) is 16.1 Å². The number of carboxylic acid groups (broad SMARTS) is 1. The number of amides is 3. The Balaban J connectivity index is 1.08. The summed E-state index contributed by atoms with van der Waals surface area (Å²) in [5.74, 6) is -0.893. The molecule has 4 N–H and O–H groups in total. The molecular weight excluding hydrogens is 1080 g/mol. The van der Waals surface area contributed by atoms with E-state index in [1.165, 1.54) is 29.5 Å². The molecule has 1 aromatic heterocycles. The molecule has 0 bridgehead atoms.